The Balaban J connectivity index is 3.35. The number of carbonyl (C=O) groups excluding carboxylic acids is 2. The van der Waals surface area contributed by atoms with Crippen molar-refractivity contribution in [2.45, 2.75) is 373 Å². The fourth-order valence-electron chi connectivity index (χ4n) is 10.2. The molecule has 0 aromatic carbocycles. The third-order valence-corrected chi connectivity index (χ3v) is 15.1. The van der Waals surface area contributed by atoms with Crippen LogP contribution in [0.2, 0.25) is 0 Å². The molecule has 416 valence electrons. The monoisotopic (exact) mass is 988 g/mol. The molecule has 0 aliphatic carbocycles. The van der Waals surface area contributed by atoms with E-state index in [0.29, 0.717) is 19.4 Å². The molecule has 6 nitrogen and oxygen atoms in total. The second kappa shape index (κ2) is 60.2. The molecule has 0 radical (unpaired) electrons. The Hall–Kier alpha value is -1.40. The number of unbranched alkanes of at least 4 members (excludes halogenated alkanes) is 49. The van der Waals surface area contributed by atoms with Gasteiger partial charge in [-0.05, 0) is 32.1 Å². The lowest BCUT2D eigenvalue weighted by molar-refractivity contribution is -0.143. The van der Waals surface area contributed by atoms with Gasteiger partial charge in [0.25, 0.3) is 0 Å². The lowest BCUT2D eigenvalue weighted by atomic mass is 10.0. The van der Waals surface area contributed by atoms with Gasteiger partial charge in [-0.2, -0.15) is 0 Å². The van der Waals surface area contributed by atoms with Crippen LogP contribution in [-0.2, 0) is 14.3 Å². The zero-order chi connectivity index (χ0) is 50.7. The van der Waals surface area contributed by atoms with Crippen molar-refractivity contribution in [3.8, 4) is 0 Å². The first-order valence-corrected chi connectivity index (χ1v) is 32.0. The molecule has 1 amide bonds. The average Bonchev–Trinajstić information content (AvgIpc) is 3.36. The van der Waals surface area contributed by atoms with Crippen molar-refractivity contribution >= 4 is 11.9 Å². The van der Waals surface area contributed by atoms with Gasteiger partial charge >= 0.3 is 5.97 Å². The minimum Gasteiger partial charge on any atom is -0.466 e. The Kier molecular flexibility index (Phi) is 59.0. The summed E-state index contributed by atoms with van der Waals surface area (Å²) in [5, 5.41) is 23.1. The van der Waals surface area contributed by atoms with E-state index in [1.165, 1.54) is 295 Å². The fourth-order valence-corrected chi connectivity index (χ4v) is 10.2. The van der Waals surface area contributed by atoms with Crippen molar-refractivity contribution in [2.75, 3.05) is 13.2 Å². The Labute approximate surface area is 438 Å². The average molecular weight is 989 g/mol. The van der Waals surface area contributed by atoms with Gasteiger partial charge < -0.3 is 20.3 Å². The van der Waals surface area contributed by atoms with Crippen LogP contribution in [0.4, 0.5) is 0 Å². The number of hydrogen-bond acceptors (Lipinski definition) is 5. The van der Waals surface area contributed by atoms with E-state index in [-0.39, 0.29) is 18.5 Å². The molecule has 2 atom stereocenters. The van der Waals surface area contributed by atoms with Crippen molar-refractivity contribution < 1.29 is 24.5 Å². The fraction of sp³-hybridized carbons (Fsp3) is 0.938. The standard InChI is InChI=1S/C64H125NO5/c1-3-5-7-9-11-13-15-17-18-19-24-28-31-34-38-42-46-50-54-58-64(69)70-59-55-51-47-43-39-35-32-29-26-23-21-20-22-25-27-30-33-37-41-45-49-53-57-63(68)65-61(60-66)62(67)56-52-48-44-40-36-16-14-12-10-8-6-4-2/h52,56,61-62,66-67H,3-51,53-55,57-60H2,1-2H3,(H,65,68)/b56-52+. The number of allylic oxidation sites excluding steroid dienone is 1. The summed E-state index contributed by atoms with van der Waals surface area (Å²) in [5.74, 6) is -0.0490. The van der Waals surface area contributed by atoms with Gasteiger partial charge in [-0.25, -0.2) is 0 Å². The van der Waals surface area contributed by atoms with Crippen molar-refractivity contribution in [3.63, 3.8) is 0 Å². The number of amides is 1. The van der Waals surface area contributed by atoms with Gasteiger partial charge in [0.1, 0.15) is 0 Å². The largest absolute Gasteiger partial charge is 0.466 e. The van der Waals surface area contributed by atoms with E-state index in [1.54, 1.807) is 6.08 Å². The maximum atomic E-state index is 12.4. The first-order chi connectivity index (χ1) is 34.5. The summed E-state index contributed by atoms with van der Waals surface area (Å²) in [4.78, 5) is 24.5. The summed E-state index contributed by atoms with van der Waals surface area (Å²) in [5.41, 5.74) is 0. The summed E-state index contributed by atoms with van der Waals surface area (Å²) < 4.78 is 5.51. The van der Waals surface area contributed by atoms with E-state index in [2.05, 4.69) is 19.2 Å². The topological polar surface area (TPSA) is 95.9 Å². The minimum atomic E-state index is -0.842. The van der Waals surface area contributed by atoms with E-state index in [0.717, 1.165) is 38.5 Å². The summed E-state index contributed by atoms with van der Waals surface area (Å²) in [7, 11) is 0. The molecule has 2 unspecified atom stereocenters. The number of rotatable bonds is 60. The summed E-state index contributed by atoms with van der Waals surface area (Å²) in [6, 6.07) is -0.626. The van der Waals surface area contributed by atoms with Crippen LogP contribution in [0.5, 0.6) is 0 Å². The second-order valence-electron chi connectivity index (χ2n) is 22.1. The molecule has 0 fully saturated rings. The number of ether oxygens (including phenoxy) is 1. The molecule has 3 N–H and O–H groups in total. The Morgan fingerprint density at radius 3 is 0.971 bits per heavy atom. The quantitative estimate of drug-likeness (QED) is 0.0321. The maximum Gasteiger partial charge on any atom is 0.305 e. The van der Waals surface area contributed by atoms with Crippen LogP contribution in [0.3, 0.4) is 0 Å². The van der Waals surface area contributed by atoms with Gasteiger partial charge in [0.05, 0.1) is 25.4 Å². The van der Waals surface area contributed by atoms with Crippen molar-refractivity contribution in [2.24, 2.45) is 0 Å². The van der Waals surface area contributed by atoms with Crippen LogP contribution in [0.15, 0.2) is 12.2 Å². The van der Waals surface area contributed by atoms with Crippen molar-refractivity contribution in [3.05, 3.63) is 12.2 Å². The van der Waals surface area contributed by atoms with Crippen molar-refractivity contribution in [1.82, 2.24) is 5.32 Å². The predicted molar refractivity (Wildman–Crippen MR) is 306 cm³/mol. The molecule has 0 saturated carbocycles. The highest BCUT2D eigenvalue weighted by molar-refractivity contribution is 5.76. The van der Waals surface area contributed by atoms with Crippen LogP contribution in [0.1, 0.15) is 361 Å². The molecular formula is C64H125NO5. The van der Waals surface area contributed by atoms with Crippen LogP contribution in [-0.4, -0.2) is 47.4 Å². The smallest absolute Gasteiger partial charge is 0.305 e. The molecule has 6 heteroatoms. The summed E-state index contributed by atoms with van der Waals surface area (Å²) >= 11 is 0. The molecule has 0 aromatic heterocycles. The van der Waals surface area contributed by atoms with E-state index in [1.807, 2.05) is 6.08 Å². The van der Waals surface area contributed by atoms with Gasteiger partial charge in [0, 0.05) is 12.8 Å². The van der Waals surface area contributed by atoms with Crippen LogP contribution < -0.4 is 5.32 Å². The number of carbonyl (C=O) groups is 2. The molecule has 0 bridgehead atoms. The number of aliphatic hydroxyl groups is 2. The van der Waals surface area contributed by atoms with Gasteiger partial charge in [0.15, 0.2) is 0 Å². The summed E-state index contributed by atoms with van der Waals surface area (Å²) in [6.45, 7) is 4.92. The van der Waals surface area contributed by atoms with Gasteiger partial charge in [-0.3, -0.25) is 9.59 Å². The summed E-state index contributed by atoms with van der Waals surface area (Å²) in [6.07, 6.45) is 72.6. The first-order valence-electron chi connectivity index (χ1n) is 32.0. The lowest BCUT2D eigenvalue weighted by Crippen LogP contribution is -2.45. The SMILES string of the molecule is CCCCCCCCCCCC/C=C/C(O)C(CO)NC(=O)CCCCCCCCCCCCCCCCCCCCCCCCOC(=O)CCCCCCCCCCCCCCCCCCCCC. The molecule has 0 aliphatic heterocycles. The van der Waals surface area contributed by atoms with E-state index < -0.39 is 12.1 Å². The van der Waals surface area contributed by atoms with Crippen molar-refractivity contribution in [1.29, 1.82) is 0 Å². The zero-order valence-corrected chi connectivity index (χ0v) is 47.5. The van der Waals surface area contributed by atoms with Gasteiger partial charge in [-0.1, -0.05) is 328 Å². The normalized spacial score (nSPS) is 12.6. The molecule has 0 spiro atoms. The third kappa shape index (κ3) is 55.9. The number of aliphatic hydroxyl groups excluding tert-OH is 2. The maximum absolute atomic E-state index is 12.4. The zero-order valence-electron chi connectivity index (χ0n) is 47.5. The Morgan fingerprint density at radius 1 is 0.386 bits per heavy atom. The molecule has 0 aliphatic rings. The molecule has 0 heterocycles. The third-order valence-electron chi connectivity index (χ3n) is 15.1. The van der Waals surface area contributed by atoms with Crippen LogP contribution in [0, 0.1) is 0 Å². The van der Waals surface area contributed by atoms with Gasteiger partial charge in [-0.15, -0.1) is 0 Å². The predicted octanol–water partition coefficient (Wildman–Crippen LogP) is 20.0. The number of hydrogen-bond donors (Lipinski definition) is 3. The highest BCUT2D eigenvalue weighted by atomic mass is 16.5. The van der Waals surface area contributed by atoms with E-state index in [9.17, 15) is 19.8 Å². The molecule has 0 aromatic rings. The minimum absolute atomic E-state index is 0.0181. The van der Waals surface area contributed by atoms with Crippen LogP contribution in [0.25, 0.3) is 0 Å². The second-order valence-corrected chi connectivity index (χ2v) is 22.1. The highest BCUT2D eigenvalue weighted by Crippen LogP contribution is 2.18. The van der Waals surface area contributed by atoms with E-state index in [4.69, 9.17) is 4.74 Å². The Morgan fingerprint density at radius 2 is 0.657 bits per heavy atom. The molecular weight excluding hydrogens is 863 g/mol. The van der Waals surface area contributed by atoms with E-state index >= 15 is 0 Å². The lowest BCUT2D eigenvalue weighted by Gasteiger charge is -2.20. The molecule has 0 rings (SSSR count). The molecule has 0 saturated heterocycles. The molecule has 70 heavy (non-hydrogen) atoms. The highest BCUT2D eigenvalue weighted by Gasteiger charge is 2.18. The van der Waals surface area contributed by atoms with Crippen LogP contribution >= 0.6 is 0 Å². The number of esters is 1. The Bertz CT molecular complexity index is 1050. The van der Waals surface area contributed by atoms with Gasteiger partial charge in [0.2, 0.25) is 5.91 Å². The first kappa shape index (κ1) is 68.6. The number of nitrogens with one attached hydrogen (secondary N) is 1.